The van der Waals surface area contributed by atoms with Crippen molar-refractivity contribution >= 4 is 11.6 Å². The Hall–Kier alpha value is -2.40. The number of nitrogens with two attached hydrogens (primary N) is 1. The van der Waals surface area contributed by atoms with E-state index in [1.54, 1.807) is 6.07 Å². The topological polar surface area (TPSA) is 58.4 Å². The molecule has 0 aromatic heterocycles. The van der Waals surface area contributed by atoms with Crippen LogP contribution in [0.1, 0.15) is 30.0 Å². The molecule has 2 unspecified atom stereocenters. The lowest BCUT2D eigenvalue weighted by Gasteiger charge is -2.36. The van der Waals surface area contributed by atoms with Gasteiger partial charge in [0.1, 0.15) is 11.9 Å². The van der Waals surface area contributed by atoms with E-state index in [0.29, 0.717) is 6.54 Å². The molecule has 2 aromatic carbocycles. The van der Waals surface area contributed by atoms with E-state index >= 15 is 0 Å². The monoisotopic (exact) mass is 341 g/mol. The van der Waals surface area contributed by atoms with Gasteiger partial charge in [0.2, 0.25) is 5.91 Å². The molecule has 2 atom stereocenters. The number of piperidine rings is 1. The molecule has 132 valence electrons. The van der Waals surface area contributed by atoms with Crippen LogP contribution in [-0.2, 0) is 4.79 Å². The van der Waals surface area contributed by atoms with Gasteiger partial charge in [0.25, 0.3) is 0 Å². The first-order chi connectivity index (χ1) is 12.0. The van der Waals surface area contributed by atoms with E-state index in [2.05, 4.69) is 10.2 Å². The van der Waals surface area contributed by atoms with E-state index in [1.165, 1.54) is 6.07 Å². The molecule has 3 rings (SSSR count). The zero-order chi connectivity index (χ0) is 17.8. The second-order valence-electron chi connectivity index (χ2n) is 6.61. The molecule has 5 heteroatoms. The molecule has 1 aliphatic heterocycles. The van der Waals surface area contributed by atoms with Crippen LogP contribution in [-0.4, -0.2) is 25.0 Å². The molecule has 0 aliphatic carbocycles. The number of nitrogens with zero attached hydrogens (tertiary/aromatic N) is 1. The van der Waals surface area contributed by atoms with Gasteiger partial charge in [-0.15, -0.1) is 0 Å². The summed E-state index contributed by atoms with van der Waals surface area (Å²) in [6, 6.07) is 13.6. The van der Waals surface area contributed by atoms with Gasteiger partial charge in [0.15, 0.2) is 0 Å². The van der Waals surface area contributed by atoms with Crippen LogP contribution < -0.4 is 16.0 Å². The fourth-order valence-corrected chi connectivity index (χ4v) is 3.39. The molecule has 25 heavy (non-hydrogen) atoms. The number of carbonyl (C=O) groups excluding carboxylic acids is 1. The Kier molecular flexibility index (Phi) is 5.34. The molecular weight excluding hydrogens is 317 g/mol. The van der Waals surface area contributed by atoms with Crippen LogP contribution in [0.25, 0.3) is 0 Å². The maximum atomic E-state index is 13.3. The van der Waals surface area contributed by atoms with Crippen molar-refractivity contribution in [1.82, 2.24) is 5.32 Å². The number of rotatable bonds is 4. The zero-order valence-electron chi connectivity index (χ0n) is 14.4. The SMILES string of the molecule is Cc1cc(F)ccc1N1CCCC(NC(=O)C(N)c2ccccc2)C1. The number of anilines is 1. The van der Waals surface area contributed by atoms with Crippen molar-refractivity contribution in [2.75, 3.05) is 18.0 Å². The van der Waals surface area contributed by atoms with E-state index in [0.717, 1.165) is 36.2 Å². The highest BCUT2D eigenvalue weighted by Gasteiger charge is 2.25. The smallest absolute Gasteiger partial charge is 0.241 e. The molecule has 1 amide bonds. The Bertz CT molecular complexity index is 735. The van der Waals surface area contributed by atoms with Crippen molar-refractivity contribution in [1.29, 1.82) is 0 Å². The van der Waals surface area contributed by atoms with Crippen LogP contribution in [0.3, 0.4) is 0 Å². The van der Waals surface area contributed by atoms with Gasteiger partial charge >= 0.3 is 0 Å². The molecule has 0 spiro atoms. The number of amides is 1. The van der Waals surface area contributed by atoms with Crippen molar-refractivity contribution in [3.8, 4) is 0 Å². The highest BCUT2D eigenvalue weighted by Crippen LogP contribution is 2.24. The van der Waals surface area contributed by atoms with Gasteiger partial charge in [-0.05, 0) is 49.1 Å². The summed E-state index contributed by atoms with van der Waals surface area (Å²) in [6.45, 7) is 3.52. The zero-order valence-corrected chi connectivity index (χ0v) is 14.4. The van der Waals surface area contributed by atoms with E-state index < -0.39 is 6.04 Å². The summed E-state index contributed by atoms with van der Waals surface area (Å²) in [6.07, 6.45) is 1.90. The summed E-state index contributed by atoms with van der Waals surface area (Å²) in [5.41, 5.74) is 8.81. The molecule has 1 heterocycles. The Morgan fingerprint density at radius 2 is 2.04 bits per heavy atom. The molecule has 4 nitrogen and oxygen atoms in total. The fraction of sp³-hybridized carbons (Fsp3) is 0.350. The van der Waals surface area contributed by atoms with Gasteiger partial charge < -0.3 is 16.0 Å². The van der Waals surface area contributed by atoms with Crippen molar-refractivity contribution in [3.63, 3.8) is 0 Å². The predicted molar refractivity (Wildman–Crippen MR) is 97.9 cm³/mol. The van der Waals surface area contributed by atoms with E-state index in [-0.39, 0.29) is 17.8 Å². The number of nitrogens with one attached hydrogen (secondary N) is 1. The van der Waals surface area contributed by atoms with Crippen LogP contribution >= 0.6 is 0 Å². The minimum Gasteiger partial charge on any atom is -0.369 e. The third kappa shape index (κ3) is 4.17. The quantitative estimate of drug-likeness (QED) is 0.899. The first-order valence-corrected chi connectivity index (χ1v) is 8.66. The molecule has 0 bridgehead atoms. The number of carbonyl (C=O) groups is 1. The summed E-state index contributed by atoms with van der Waals surface area (Å²) >= 11 is 0. The third-order valence-corrected chi connectivity index (χ3v) is 4.71. The van der Waals surface area contributed by atoms with Crippen LogP contribution in [0.2, 0.25) is 0 Å². The lowest BCUT2D eigenvalue weighted by molar-refractivity contribution is -0.123. The molecule has 0 saturated carbocycles. The molecule has 3 N–H and O–H groups in total. The van der Waals surface area contributed by atoms with Gasteiger partial charge in [-0.3, -0.25) is 4.79 Å². The van der Waals surface area contributed by atoms with Crippen molar-refractivity contribution in [2.24, 2.45) is 5.73 Å². The maximum absolute atomic E-state index is 13.3. The first kappa shape index (κ1) is 17.4. The summed E-state index contributed by atoms with van der Waals surface area (Å²) in [4.78, 5) is 14.7. The average Bonchev–Trinajstić information content (AvgIpc) is 2.62. The minimum absolute atomic E-state index is 0.0421. The van der Waals surface area contributed by atoms with E-state index in [9.17, 15) is 9.18 Å². The molecule has 0 radical (unpaired) electrons. The summed E-state index contributed by atoms with van der Waals surface area (Å²) in [7, 11) is 0. The molecule has 1 fully saturated rings. The highest BCUT2D eigenvalue weighted by molar-refractivity contribution is 5.83. The fourth-order valence-electron chi connectivity index (χ4n) is 3.39. The summed E-state index contributed by atoms with van der Waals surface area (Å²) in [5, 5.41) is 3.07. The predicted octanol–water partition coefficient (Wildman–Crippen LogP) is 2.92. The van der Waals surface area contributed by atoms with Gasteiger partial charge in [0, 0.05) is 24.8 Å². The van der Waals surface area contributed by atoms with Gasteiger partial charge in [-0.25, -0.2) is 4.39 Å². The number of benzene rings is 2. The number of halogens is 1. The van der Waals surface area contributed by atoms with Gasteiger partial charge in [0.05, 0.1) is 0 Å². The molecular formula is C20H24FN3O. The van der Waals surface area contributed by atoms with Crippen molar-refractivity contribution in [2.45, 2.75) is 31.8 Å². The third-order valence-electron chi connectivity index (χ3n) is 4.71. The van der Waals surface area contributed by atoms with Gasteiger partial charge in [-0.2, -0.15) is 0 Å². The second kappa shape index (κ2) is 7.66. The van der Waals surface area contributed by atoms with Crippen molar-refractivity contribution < 1.29 is 9.18 Å². The van der Waals surface area contributed by atoms with Crippen LogP contribution in [0, 0.1) is 12.7 Å². The first-order valence-electron chi connectivity index (χ1n) is 8.66. The maximum Gasteiger partial charge on any atom is 0.241 e. The second-order valence-corrected chi connectivity index (χ2v) is 6.61. The van der Waals surface area contributed by atoms with Crippen molar-refractivity contribution in [3.05, 3.63) is 65.5 Å². The molecule has 2 aromatic rings. The molecule has 1 aliphatic rings. The van der Waals surface area contributed by atoms with Gasteiger partial charge in [-0.1, -0.05) is 30.3 Å². The lowest BCUT2D eigenvalue weighted by atomic mass is 10.0. The van der Waals surface area contributed by atoms with E-state index in [1.807, 2.05) is 43.3 Å². The Balaban J connectivity index is 1.64. The van der Waals surface area contributed by atoms with Crippen LogP contribution in [0.4, 0.5) is 10.1 Å². The summed E-state index contributed by atoms with van der Waals surface area (Å²) in [5.74, 6) is -0.383. The number of hydrogen-bond donors (Lipinski definition) is 2. The van der Waals surface area contributed by atoms with Crippen LogP contribution in [0.15, 0.2) is 48.5 Å². The number of aryl methyl sites for hydroxylation is 1. The summed E-state index contributed by atoms with van der Waals surface area (Å²) < 4.78 is 13.3. The number of hydrogen-bond acceptors (Lipinski definition) is 3. The largest absolute Gasteiger partial charge is 0.369 e. The highest BCUT2D eigenvalue weighted by atomic mass is 19.1. The average molecular weight is 341 g/mol. The molecule has 1 saturated heterocycles. The lowest BCUT2D eigenvalue weighted by Crippen LogP contribution is -2.50. The van der Waals surface area contributed by atoms with E-state index in [4.69, 9.17) is 5.73 Å². The Morgan fingerprint density at radius 3 is 2.76 bits per heavy atom. The normalized spacial score (nSPS) is 18.7. The Labute approximate surface area is 147 Å². The minimum atomic E-state index is -0.663. The van der Waals surface area contributed by atoms with Crippen LogP contribution in [0.5, 0.6) is 0 Å². The Morgan fingerprint density at radius 1 is 1.28 bits per heavy atom. The standard InChI is InChI=1S/C20H24FN3O/c1-14-12-16(21)9-10-18(14)24-11-5-8-17(13-24)23-20(25)19(22)15-6-3-2-4-7-15/h2-4,6-7,9-10,12,17,19H,5,8,11,13,22H2,1H3,(H,23,25).